The third-order valence-electron chi connectivity index (χ3n) is 2.99. The van der Waals surface area contributed by atoms with Crippen LogP contribution in [-0.4, -0.2) is 23.6 Å². The maximum Gasteiger partial charge on any atom is 0.0387 e. The van der Waals surface area contributed by atoms with Crippen LogP contribution in [-0.2, 0) is 0 Å². The van der Waals surface area contributed by atoms with E-state index in [1.165, 1.54) is 25.2 Å². The van der Waals surface area contributed by atoms with Crippen molar-refractivity contribution in [2.45, 2.75) is 16.9 Å². The van der Waals surface area contributed by atoms with Crippen LogP contribution in [0.2, 0.25) is 0 Å². The van der Waals surface area contributed by atoms with Crippen molar-refractivity contribution in [1.29, 1.82) is 0 Å². The highest BCUT2D eigenvalue weighted by Crippen LogP contribution is 2.42. The first-order valence-corrected chi connectivity index (χ1v) is 6.01. The predicted molar refractivity (Wildman–Crippen MR) is 62.9 cm³/mol. The molecule has 14 heavy (non-hydrogen) atoms. The lowest BCUT2D eigenvalue weighted by Crippen LogP contribution is -2.51. The van der Waals surface area contributed by atoms with Gasteiger partial charge in [-0.1, -0.05) is 6.07 Å². The highest BCUT2D eigenvalue weighted by molar-refractivity contribution is 8.02. The van der Waals surface area contributed by atoms with Crippen molar-refractivity contribution in [2.24, 2.45) is 0 Å². The highest BCUT2D eigenvalue weighted by Gasteiger charge is 2.37. The first kappa shape index (κ1) is 8.48. The molecule has 3 heteroatoms. The van der Waals surface area contributed by atoms with Gasteiger partial charge in [-0.3, -0.25) is 0 Å². The fraction of sp³-hybridized carbons (Fsp3) is 0.455. The summed E-state index contributed by atoms with van der Waals surface area (Å²) in [5.74, 6) is 0. The Morgan fingerprint density at radius 2 is 2.00 bits per heavy atom. The first-order chi connectivity index (χ1) is 6.81. The van der Waals surface area contributed by atoms with Gasteiger partial charge in [0, 0.05) is 35.0 Å². The topological polar surface area (TPSA) is 29.3 Å². The van der Waals surface area contributed by atoms with Crippen molar-refractivity contribution in [1.82, 2.24) is 0 Å². The Hall–Kier alpha value is -0.830. The number of anilines is 2. The van der Waals surface area contributed by atoms with Crippen molar-refractivity contribution in [3.8, 4) is 0 Å². The number of rotatable bonds is 1. The van der Waals surface area contributed by atoms with Gasteiger partial charge in [0.05, 0.1) is 0 Å². The summed E-state index contributed by atoms with van der Waals surface area (Å²) >= 11 is 2.14. The van der Waals surface area contributed by atoms with Gasteiger partial charge in [0.2, 0.25) is 0 Å². The minimum atomic E-state index is 0.870. The molecule has 2 nitrogen and oxygen atoms in total. The zero-order valence-corrected chi connectivity index (χ0v) is 8.83. The molecule has 2 atom stereocenters. The molecule has 3 fully saturated rings. The Kier molecular flexibility index (Phi) is 1.87. The lowest BCUT2D eigenvalue weighted by atomic mass is 10.1. The standard InChI is InChI=1S/C11H14N2S/c12-8-2-1-3-9(4-8)13-6-10-5-11(7-13)14-10/h1-4,10-11H,5-7,12H2. The molecule has 2 N–H and O–H groups in total. The van der Waals surface area contributed by atoms with Gasteiger partial charge in [0.25, 0.3) is 0 Å². The van der Waals surface area contributed by atoms with E-state index in [4.69, 9.17) is 5.73 Å². The van der Waals surface area contributed by atoms with Gasteiger partial charge >= 0.3 is 0 Å². The summed E-state index contributed by atoms with van der Waals surface area (Å²) in [4.78, 5) is 2.46. The predicted octanol–water partition coefficient (Wildman–Crippen LogP) is 1.96. The molecule has 1 aromatic rings. The van der Waals surface area contributed by atoms with E-state index in [9.17, 15) is 0 Å². The minimum absolute atomic E-state index is 0.870. The highest BCUT2D eigenvalue weighted by atomic mass is 32.2. The van der Waals surface area contributed by atoms with Crippen LogP contribution < -0.4 is 10.6 Å². The molecule has 3 aliphatic heterocycles. The summed E-state index contributed by atoms with van der Waals surface area (Å²) < 4.78 is 0. The molecule has 1 aromatic carbocycles. The molecule has 0 saturated carbocycles. The Morgan fingerprint density at radius 1 is 1.29 bits per heavy atom. The van der Waals surface area contributed by atoms with Crippen molar-refractivity contribution < 1.29 is 0 Å². The van der Waals surface area contributed by atoms with E-state index in [0.717, 1.165) is 16.2 Å². The summed E-state index contributed by atoms with van der Waals surface area (Å²) in [7, 11) is 0. The van der Waals surface area contributed by atoms with Gasteiger partial charge < -0.3 is 10.6 Å². The van der Waals surface area contributed by atoms with Crippen molar-refractivity contribution in [3.05, 3.63) is 24.3 Å². The number of benzene rings is 1. The quantitative estimate of drug-likeness (QED) is 0.712. The lowest BCUT2D eigenvalue weighted by molar-refractivity contribution is 0.558. The van der Waals surface area contributed by atoms with Crippen molar-refractivity contribution in [3.63, 3.8) is 0 Å². The zero-order valence-electron chi connectivity index (χ0n) is 8.02. The fourth-order valence-electron chi connectivity index (χ4n) is 2.29. The number of thioether (sulfide) groups is 1. The van der Waals surface area contributed by atoms with E-state index >= 15 is 0 Å². The molecule has 2 bridgehead atoms. The largest absolute Gasteiger partial charge is 0.399 e. The van der Waals surface area contributed by atoms with Gasteiger partial charge in [0.1, 0.15) is 0 Å². The van der Waals surface area contributed by atoms with Crippen molar-refractivity contribution >= 4 is 23.1 Å². The van der Waals surface area contributed by atoms with Crippen LogP contribution in [0.1, 0.15) is 6.42 Å². The molecule has 3 heterocycles. The van der Waals surface area contributed by atoms with Crippen LogP contribution in [0.25, 0.3) is 0 Å². The molecule has 0 amide bonds. The molecule has 74 valence electrons. The van der Waals surface area contributed by atoms with Crippen LogP contribution >= 0.6 is 11.8 Å². The molecule has 2 unspecified atom stereocenters. The zero-order chi connectivity index (χ0) is 9.54. The second-order valence-electron chi connectivity index (χ2n) is 4.12. The summed E-state index contributed by atoms with van der Waals surface area (Å²) in [6.45, 7) is 2.40. The maximum absolute atomic E-state index is 5.78. The SMILES string of the molecule is Nc1cccc(N2CC3CC(C2)S3)c1. The first-order valence-electron chi connectivity index (χ1n) is 5.07. The van der Waals surface area contributed by atoms with Gasteiger partial charge in [0.15, 0.2) is 0 Å². The number of nitrogens with zero attached hydrogens (tertiary/aromatic N) is 1. The van der Waals surface area contributed by atoms with Gasteiger partial charge in [-0.05, 0) is 24.6 Å². The Balaban J connectivity index is 1.82. The molecule has 3 saturated heterocycles. The molecule has 0 spiro atoms. The Bertz CT molecular complexity index is 337. The lowest BCUT2D eigenvalue weighted by Gasteiger charge is -2.47. The number of piperidine rings is 1. The van der Waals surface area contributed by atoms with Crippen LogP contribution in [0.4, 0.5) is 11.4 Å². The number of hydrogen-bond donors (Lipinski definition) is 1. The summed E-state index contributed by atoms with van der Waals surface area (Å²) in [5.41, 5.74) is 7.94. The van der Waals surface area contributed by atoms with E-state index in [2.05, 4.69) is 28.8 Å². The smallest absolute Gasteiger partial charge is 0.0387 e. The Labute approximate surface area is 88.5 Å². The molecule has 0 aromatic heterocycles. The second-order valence-corrected chi connectivity index (χ2v) is 5.72. The van der Waals surface area contributed by atoms with E-state index in [-0.39, 0.29) is 0 Å². The molecule has 4 rings (SSSR count). The van der Waals surface area contributed by atoms with Crippen LogP contribution in [0.15, 0.2) is 24.3 Å². The average Bonchev–Trinajstić information content (AvgIpc) is 2.17. The van der Waals surface area contributed by atoms with Gasteiger partial charge in [-0.2, -0.15) is 11.8 Å². The third kappa shape index (κ3) is 1.36. The second kappa shape index (κ2) is 3.09. The maximum atomic E-state index is 5.78. The van der Waals surface area contributed by atoms with Crippen LogP contribution in [0.5, 0.6) is 0 Å². The van der Waals surface area contributed by atoms with Gasteiger partial charge in [-0.25, -0.2) is 0 Å². The molecule has 0 radical (unpaired) electrons. The molecular formula is C11H14N2S. The van der Waals surface area contributed by atoms with E-state index < -0.39 is 0 Å². The van der Waals surface area contributed by atoms with E-state index in [1.54, 1.807) is 0 Å². The number of hydrogen-bond acceptors (Lipinski definition) is 3. The minimum Gasteiger partial charge on any atom is -0.399 e. The molecule has 0 aliphatic carbocycles. The Morgan fingerprint density at radius 3 is 2.64 bits per heavy atom. The van der Waals surface area contributed by atoms with E-state index in [1.807, 2.05) is 12.1 Å². The number of nitrogen functional groups attached to an aromatic ring is 1. The number of fused-ring (bicyclic) bond motifs is 2. The fourth-order valence-corrected chi connectivity index (χ4v) is 3.69. The summed E-state index contributed by atoms with van der Waals surface area (Å²) in [6.07, 6.45) is 1.42. The molecule has 3 aliphatic rings. The third-order valence-corrected chi connectivity index (χ3v) is 4.45. The normalized spacial score (nSPS) is 29.9. The summed E-state index contributed by atoms with van der Waals surface area (Å²) in [5, 5.41) is 1.74. The van der Waals surface area contributed by atoms with Crippen molar-refractivity contribution in [2.75, 3.05) is 23.7 Å². The number of nitrogens with two attached hydrogens (primary N) is 1. The molecular weight excluding hydrogens is 192 g/mol. The summed E-state index contributed by atoms with van der Waals surface area (Å²) in [6, 6.07) is 8.22. The van der Waals surface area contributed by atoms with Gasteiger partial charge in [-0.15, -0.1) is 0 Å². The van der Waals surface area contributed by atoms with E-state index in [0.29, 0.717) is 0 Å². The monoisotopic (exact) mass is 206 g/mol. The van der Waals surface area contributed by atoms with Crippen LogP contribution in [0, 0.1) is 0 Å². The van der Waals surface area contributed by atoms with Crippen LogP contribution in [0.3, 0.4) is 0 Å². The average molecular weight is 206 g/mol.